The maximum absolute atomic E-state index is 13.5. The summed E-state index contributed by atoms with van der Waals surface area (Å²) in [5, 5.41) is 21.0. The number of aromatic nitrogens is 2. The number of nitrogens with one attached hydrogen (secondary N) is 1. The summed E-state index contributed by atoms with van der Waals surface area (Å²) >= 11 is 7.54. The number of ether oxygens (including phenoxy) is 1. The number of nitrogens with zero attached hydrogens (tertiary/aromatic N) is 2. The molecule has 3 aromatic rings. The molecule has 1 aliphatic carbocycles. The van der Waals surface area contributed by atoms with Crippen LogP contribution in [0.2, 0.25) is 5.02 Å². The Labute approximate surface area is 223 Å². The van der Waals surface area contributed by atoms with Gasteiger partial charge in [0.15, 0.2) is 0 Å². The molecule has 196 valence electrons. The van der Waals surface area contributed by atoms with Gasteiger partial charge in [-0.05, 0) is 59.5 Å². The number of hydrogen-bond donors (Lipinski definition) is 3. The van der Waals surface area contributed by atoms with Crippen LogP contribution in [0.5, 0.6) is 0 Å². The zero-order valence-corrected chi connectivity index (χ0v) is 21.9. The molecule has 13 heteroatoms. The standard InChI is InChI=1S/C24H25ClN4O6S2/c25-16-2-1-13-3-4-34-23(18(13)7-16)15-6-21(36-11-15)22(31)19-9-27-12-28-24(19)29-17-5-14(20(30)8-17)10-35-37(26,32)33/h1-2,6-7,9,11-12,14,17,20,23,30H,3-5,8,10H2,(H2,26,32,33)(H,27,28,29)/t14-,17-,20+,23+/m1/s1. The summed E-state index contributed by atoms with van der Waals surface area (Å²) in [5.41, 5.74) is 3.35. The second-order valence-electron chi connectivity index (χ2n) is 9.12. The van der Waals surface area contributed by atoms with Crippen molar-refractivity contribution in [2.75, 3.05) is 18.5 Å². The Morgan fingerprint density at radius 3 is 2.97 bits per heavy atom. The molecule has 1 aliphatic heterocycles. The van der Waals surface area contributed by atoms with Crippen LogP contribution >= 0.6 is 22.9 Å². The van der Waals surface area contributed by atoms with Crippen LogP contribution in [-0.2, 0) is 25.6 Å². The fourth-order valence-corrected chi connectivity index (χ4v) is 6.24. The summed E-state index contributed by atoms with van der Waals surface area (Å²) < 4.78 is 32.9. The van der Waals surface area contributed by atoms with E-state index in [0.29, 0.717) is 40.7 Å². The number of rotatable bonds is 8. The molecule has 0 radical (unpaired) electrons. The van der Waals surface area contributed by atoms with Crippen LogP contribution in [-0.4, -0.2) is 54.6 Å². The molecule has 5 rings (SSSR count). The van der Waals surface area contributed by atoms with Gasteiger partial charge in [-0.25, -0.2) is 15.1 Å². The van der Waals surface area contributed by atoms with E-state index < -0.39 is 22.3 Å². The van der Waals surface area contributed by atoms with Crippen molar-refractivity contribution in [3.05, 3.63) is 74.3 Å². The van der Waals surface area contributed by atoms with Crippen LogP contribution in [0.1, 0.15) is 50.9 Å². The van der Waals surface area contributed by atoms with Gasteiger partial charge in [0.1, 0.15) is 18.2 Å². The second-order valence-corrected chi connectivity index (χ2v) is 11.7. The molecule has 0 spiro atoms. The highest BCUT2D eigenvalue weighted by atomic mass is 35.5. The van der Waals surface area contributed by atoms with Gasteiger partial charge in [-0.3, -0.25) is 8.98 Å². The van der Waals surface area contributed by atoms with Crippen molar-refractivity contribution in [1.29, 1.82) is 0 Å². The Morgan fingerprint density at radius 2 is 2.16 bits per heavy atom. The molecular formula is C24H25ClN4O6S2. The number of anilines is 1. The lowest BCUT2D eigenvalue weighted by Gasteiger charge is -2.25. The quantitative estimate of drug-likeness (QED) is 0.350. The minimum absolute atomic E-state index is 0.219. The summed E-state index contributed by atoms with van der Waals surface area (Å²) in [6, 6.07) is 7.36. The maximum Gasteiger partial charge on any atom is 0.333 e. The van der Waals surface area contributed by atoms with E-state index >= 15 is 0 Å². The molecule has 37 heavy (non-hydrogen) atoms. The Bertz CT molecular complexity index is 1420. The molecule has 0 bridgehead atoms. The predicted molar refractivity (Wildman–Crippen MR) is 138 cm³/mol. The molecule has 2 aromatic heterocycles. The van der Waals surface area contributed by atoms with Crippen LogP contribution in [0.25, 0.3) is 0 Å². The highest BCUT2D eigenvalue weighted by molar-refractivity contribution is 7.84. The summed E-state index contributed by atoms with van der Waals surface area (Å²) in [4.78, 5) is 22.3. The predicted octanol–water partition coefficient (Wildman–Crippen LogP) is 2.86. The van der Waals surface area contributed by atoms with Gasteiger partial charge in [-0.1, -0.05) is 17.7 Å². The summed E-state index contributed by atoms with van der Waals surface area (Å²) in [6.45, 7) is 0.360. The highest BCUT2D eigenvalue weighted by Crippen LogP contribution is 2.37. The minimum Gasteiger partial charge on any atom is -0.393 e. The van der Waals surface area contributed by atoms with Crippen molar-refractivity contribution >= 4 is 44.8 Å². The molecule has 3 heterocycles. The Morgan fingerprint density at radius 1 is 1.32 bits per heavy atom. The van der Waals surface area contributed by atoms with Crippen molar-refractivity contribution < 1.29 is 27.2 Å². The smallest absolute Gasteiger partial charge is 0.333 e. The lowest BCUT2D eigenvalue weighted by Crippen LogP contribution is -2.24. The van der Waals surface area contributed by atoms with Gasteiger partial charge < -0.3 is 15.2 Å². The second kappa shape index (κ2) is 10.7. The molecule has 1 aromatic carbocycles. The summed E-state index contributed by atoms with van der Waals surface area (Å²) in [5.74, 6) is -0.330. The first kappa shape index (κ1) is 26.2. The summed E-state index contributed by atoms with van der Waals surface area (Å²) in [6.07, 6.45) is 3.26. The van der Waals surface area contributed by atoms with Crippen LogP contribution < -0.4 is 10.5 Å². The molecular weight excluding hydrogens is 540 g/mol. The van der Waals surface area contributed by atoms with Gasteiger partial charge in [-0.2, -0.15) is 8.42 Å². The van der Waals surface area contributed by atoms with Crippen molar-refractivity contribution in [1.82, 2.24) is 9.97 Å². The number of ketones is 1. The van der Waals surface area contributed by atoms with Crippen molar-refractivity contribution in [2.45, 2.75) is 37.5 Å². The first-order chi connectivity index (χ1) is 17.7. The van der Waals surface area contributed by atoms with Gasteiger partial charge in [0.25, 0.3) is 0 Å². The Kier molecular flexibility index (Phi) is 7.59. The van der Waals surface area contributed by atoms with Crippen LogP contribution in [0.15, 0.2) is 42.2 Å². The number of carbonyl (C=O) groups is 1. The number of fused-ring (bicyclic) bond motifs is 1. The summed E-state index contributed by atoms with van der Waals surface area (Å²) in [7, 11) is -4.10. The molecule has 4 atom stereocenters. The van der Waals surface area contributed by atoms with E-state index in [2.05, 4.69) is 19.5 Å². The highest BCUT2D eigenvalue weighted by Gasteiger charge is 2.35. The lowest BCUT2D eigenvalue weighted by atomic mass is 9.94. The van der Waals surface area contributed by atoms with Gasteiger partial charge >= 0.3 is 10.3 Å². The number of hydrogen-bond acceptors (Lipinski definition) is 10. The molecule has 0 saturated heterocycles. The van der Waals surface area contributed by atoms with E-state index in [1.807, 2.05) is 29.6 Å². The number of aliphatic hydroxyl groups is 1. The van der Waals surface area contributed by atoms with Gasteiger partial charge in [-0.15, -0.1) is 11.3 Å². The van der Waals surface area contributed by atoms with Crippen molar-refractivity contribution in [3.8, 4) is 0 Å². The Hall–Kier alpha value is -2.45. The number of nitrogens with two attached hydrogens (primary N) is 1. The zero-order chi connectivity index (χ0) is 26.2. The molecule has 0 unspecified atom stereocenters. The van der Waals surface area contributed by atoms with E-state index in [9.17, 15) is 18.3 Å². The van der Waals surface area contributed by atoms with E-state index in [0.717, 1.165) is 17.5 Å². The maximum atomic E-state index is 13.5. The topological polar surface area (TPSA) is 154 Å². The number of aliphatic hydroxyl groups excluding tert-OH is 1. The largest absolute Gasteiger partial charge is 0.393 e. The number of benzene rings is 1. The molecule has 1 fully saturated rings. The SMILES string of the molecule is NS(=O)(=O)OC[C@H]1C[C@@H](Nc2ncncc2C(=O)c2cc([C@@H]3OCCc4ccc(Cl)cc43)cs2)C[C@@H]1O. The molecule has 0 amide bonds. The van der Waals surface area contributed by atoms with E-state index in [1.54, 1.807) is 0 Å². The third kappa shape index (κ3) is 6.01. The van der Waals surface area contributed by atoms with Gasteiger partial charge in [0.05, 0.1) is 29.8 Å². The van der Waals surface area contributed by atoms with Crippen LogP contribution in [0, 0.1) is 5.92 Å². The van der Waals surface area contributed by atoms with Crippen LogP contribution in [0.3, 0.4) is 0 Å². The van der Waals surface area contributed by atoms with Crippen LogP contribution in [0.4, 0.5) is 5.82 Å². The normalized spacial score (nSPS) is 23.5. The average molecular weight is 565 g/mol. The third-order valence-electron chi connectivity index (χ3n) is 6.59. The van der Waals surface area contributed by atoms with E-state index in [4.69, 9.17) is 21.5 Å². The number of carbonyl (C=O) groups excluding carboxylic acids is 1. The lowest BCUT2D eigenvalue weighted by molar-refractivity contribution is 0.0701. The molecule has 4 N–H and O–H groups in total. The van der Waals surface area contributed by atoms with E-state index in [-0.39, 0.29) is 24.5 Å². The van der Waals surface area contributed by atoms with Gasteiger partial charge in [0, 0.05) is 23.2 Å². The van der Waals surface area contributed by atoms with Crippen molar-refractivity contribution in [2.24, 2.45) is 11.1 Å². The van der Waals surface area contributed by atoms with E-state index in [1.165, 1.54) is 29.4 Å². The first-order valence-electron chi connectivity index (χ1n) is 11.6. The number of thiophene rings is 1. The number of halogens is 1. The molecule has 10 nitrogen and oxygen atoms in total. The van der Waals surface area contributed by atoms with Gasteiger partial charge in [0.2, 0.25) is 5.78 Å². The monoisotopic (exact) mass is 564 g/mol. The fourth-order valence-electron chi connectivity index (χ4n) is 4.82. The molecule has 2 aliphatic rings. The third-order valence-corrected chi connectivity index (χ3v) is 8.24. The minimum atomic E-state index is -4.10. The molecule has 1 saturated carbocycles. The first-order valence-corrected chi connectivity index (χ1v) is 14.4. The average Bonchev–Trinajstić information content (AvgIpc) is 3.48. The van der Waals surface area contributed by atoms with Crippen molar-refractivity contribution in [3.63, 3.8) is 0 Å². The Balaban J connectivity index is 1.32. The zero-order valence-electron chi connectivity index (χ0n) is 19.5. The fraction of sp³-hybridized carbons (Fsp3) is 0.375.